The van der Waals surface area contributed by atoms with E-state index in [0.29, 0.717) is 12.7 Å². The lowest BCUT2D eigenvalue weighted by Crippen LogP contribution is -1.95. The van der Waals surface area contributed by atoms with Crippen molar-refractivity contribution < 1.29 is 14.2 Å². The summed E-state index contributed by atoms with van der Waals surface area (Å²) in [5.41, 5.74) is 2.58. The van der Waals surface area contributed by atoms with Gasteiger partial charge in [0.05, 0.1) is 7.11 Å². The maximum absolute atomic E-state index is 5.44. The molecule has 19 heavy (non-hydrogen) atoms. The Morgan fingerprint density at radius 3 is 2.89 bits per heavy atom. The van der Waals surface area contributed by atoms with Gasteiger partial charge in [-0.15, -0.1) is 0 Å². The van der Waals surface area contributed by atoms with Crippen LogP contribution in [0.15, 0.2) is 41.7 Å². The number of hydrogen-bond donors (Lipinski definition) is 0. The van der Waals surface area contributed by atoms with E-state index in [-0.39, 0.29) is 0 Å². The molecule has 0 bridgehead atoms. The van der Waals surface area contributed by atoms with Gasteiger partial charge in [-0.25, -0.2) is 0 Å². The molecule has 1 aliphatic heterocycles. The van der Waals surface area contributed by atoms with E-state index in [1.54, 1.807) is 7.11 Å². The second-order valence-corrected chi connectivity index (χ2v) is 4.97. The first kappa shape index (κ1) is 12.2. The molecule has 1 unspecified atom stereocenters. The summed E-state index contributed by atoms with van der Waals surface area (Å²) in [6.45, 7) is 2.46. The Morgan fingerprint density at radius 2 is 2.05 bits per heavy atom. The van der Waals surface area contributed by atoms with Crippen LogP contribution < -0.4 is 9.47 Å². The highest BCUT2D eigenvalue weighted by Crippen LogP contribution is 2.37. The fraction of sp³-hybridized carbons (Fsp3) is 0.375. The molecule has 0 saturated carbocycles. The van der Waals surface area contributed by atoms with Gasteiger partial charge in [0.25, 0.3) is 0 Å². The Morgan fingerprint density at radius 1 is 1.21 bits per heavy atom. The molecule has 3 nitrogen and oxygen atoms in total. The lowest BCUT2D eigenvalue weighted by molar-refractivity contribution is 0.174. The molecule has 0 radical (unpaired) electrons. The average molecular weight is 258 g/mol. The van der Waals surface area contributed by atoms with Crippen LogP contribution >= 0.6 is 0 Å². The molecule has 1 aliphatic carbocycles. The Hall–Kier alpha value is -1.90. The number of methoxy groups -OCH3 is 1. The van der Waals surface area contributed by atoms with Crippen LogP contribution in [0.5, 0.6) is 11.5 Å². The van der Waals surface area contributed by atoms with Gasteiger partial charge in [-0.05, 0) is 49.1 Å². The van der Waals surface area contributed by atoms with Crippen molar-refractivity contribution in [3.63, 3.8) is 0 Å². The quantitative estimate of drug-likeness (QED) is 0.808. The largest absolute Gasteiger partial charge is 0.497 e. The number of allylic oxidation sites excluding steroid dienone is 3. The lowest BCUT2D eigenvalue weighted by Gasteiger charge is -2.12. The molecule has 3 heteroatoms. The highest BCUT2D eigenvalue weighted by molar-refractivity contribution is 5.46. The summed E-state index contributed by atoms with van der Waals surface area (Å²) in [6.07, 6.45) is 6.44. The van der Waals surface area contributed by atoms with Gasteiger partial charge in [0.15, 0.2) is 11.5 Å². The normalized spacial score (nSPS) is 21.5. The van der Waals surface area contributed by atoms with Crippen molar-refractivity contribution in [2.45, 2.75) is 25.7 Å². The van der Waals surface area contributed by atoms with E-state index in [1.165, 1.54) is 11.1 Å². The van der Waals surface area contributed by atoms with Crippen molar-refractivity contribution >= 4 is 0 Å². The number of benzene rings is 1. The highest BCUT2D eigenvalue weighted by atomic mass is 16.7. The van der Waals surface area contributed by atoms with Crippen molar-refractivity contribution in [3.8, 4) is 11.5 Å². The molecule has 1 aromatic rings. The van der Waals surface area contributed by atoms with Crippen LogP contribution in [0.25, 0.3) is 0 Å². The molecule has 0 fully saturated rings. The van der Waals surface area contributed by atoms with E-state index in [1.807, 2.05) is 6.07 Å². The van der Waals surface area contributed by atoms with Crippen molar-refractivity contribution in [2.75, 3.05) is 13.9 Å². The Balaban J connectivity index is 1.84. The second-order valence-electron chi connectivity index (χ2n) is 4.97. The first-order valence-corrected chi connectivity index (χ1v) is 6.59. The van der Waals surface area contributed by atoms with Crippen molar-refractivity contribution in [3.05, 3.63) is 47.2 Å². The average Bonchev–Trinajstić information content (AvgIpc) is 2.81. The molecule has 1 heterocycles. The van der Waals surface area contributed by atoms with Crippen molar-refractivity contribution in [1.82, 2.24) is 0 Å². The first-order valence-electron chi connectivity index (χ1n) is 6.59. The second kappa shape index (κ2) is 5.00. The molecule has 0 aromatic heterocycles. The van der Waals surface area contributed by atoms with E-state index < -0.39 is 0 Å². The van der Waals surface area contributed by atoms with Crippen LogP contribution in [-0.4, -0.2) is 13.9 Å². The van der Waals surface area contributed by atoms with Gasteiger partial charge in [-0.2, -0.15) is 0 Å². The SMILES string of the molecule is COC1=C(C)CCC(c2ccc3c(c2)OCO3)C=C1. The van der Waals surface area contributed by atoms with Gasteiger partial charge in [0.2, 0.25) is 6.79 Å². The van der Waals surface area contributed by atoms with Crippen molar-refractivity contribution in [1.29, 1.82) is 0 Å². The molecule has 0 saturated heterocycles. The van der Waals surface area contributed by atoms with Crippen molar-refractivity contribution in [2.24, 2.45) is 0 Å². The fourth-order valence-corrected chi connectivity index (χ4v) is 2.60. The maximum atomic E-state index is 5.44. The van der Waals surface area contributed by atoms with E-state index in [4.69, 9.17) is 14.2 Å². The highest BCUT2D eigenvalue weighted by Gasteiger charge is 2.18. The molecule has 0 spiro atoms. The predicted octanol–water partition coefficient (Wildman–Crippen LogP) is 3.77. The standard InChI is InChI=1S/C16H18O3/c1-11-3-4-12(5-7-14(11)17-2)13-6-8-15-16(9-13)19-10-18-15/h5-9,12H,3-4,10H2,1-2H3. The van der Waals surface area contributed by atoms with E-state index in [9.17, 15) is 0 Å². The molecule has 1 atom stereocenters. The number of ether oxygens (including phenoxy) is 3. The van der Waals surface area contributed by atoms with Crippen LogP contribution in [0.4, 0.5) is 0 Å². The topological polar surface area (TPSA) is 27.7 Å². The summed E-state index contributed by atoms with van der Waals surface area (Å²) in [4.78, 5) is 0. The monoisotopic (exact) mass is 258 g/mol. The zero-order valence-corrected chi connectivity index (χ0v) is 11.3. The molecule has 2 aliphatic rings. The molecule has 3 rings (SSSR count). The molecule has 100 valence electrons. The molecule has 0 amide bonds. The van der Waals surface area contributed by atoms with Gasteiger partial charge in [-0.1, -0.05) is 12.1 Å². The summed E-state index contributed by atoms with van der Waals surface area (Å²) in [5, 5.41) is 0. The number of fused-ring (bicyclic) bond motifs is 1. The summed E-state index contributed by atoms with van der Waals surface area (Å²) in [7, 11) is 1.73. The minimum absolute atomic E-state index is 0.327. The summed E-state index contributed by atoms with van der Waals surface area (Å²) in [5.74, 6) is 3.08. The molecular weight excluding hydrogens is 240 g/mol. The maximum Gasteiger partial charge on any atom is 0.231 e. The fourth-order valence-electron chi connectivity index (χ4n) is 2.60. The minimum atomic E-state index is 0.327. The lowest BCUT2D eigenvalue weighted by atomic mass is 9.93. The third kappa shape index (κ3) is 2.33. The third-order valence-electron chi connectivity index (χ3n) is 3.78. The van der Waals surface area contributed by atoms with Gasteiger partial charge in [-0.3, -0.25) is 0 Å². The smallest absolute Gasteiger partial charge is 0.231 e. The Kier molecular flexibility index (Phi) is 3.20. The molecular formula is C16H18O3. The van der Waals surface area contributed by atoms with Crippen LogP contribution in [0.1, 0.15) is 31.2 Å². The van der Waals surface area contributed by atoms with E-state index in [0.717, 1.165) is 30.1 Å². The van der Waals surface area contributed by atoms with E-state index in [2.05, 4.69) is 31.2 Å². The first-order chi connectivity index (χ1) is 9.28. The number of hydrogen-bond acceptors (Lipinski definition) is 3. The van der Waals surface area contributed by atoms with Crippen LogP contribution in [0.3, 0.4) is 0 Å². The Bertz CT molecular complexity index is 543. The third-order valence-corrected chi connectivity index (χ3v) is 3.78. The summed E-state index contributed by atoms with van der Waals surface area (Å²) >= 11 is 0. The zero-order valence-electron chi connectivity index (χ0n) is 11.3. The predicted molar refractivity (Wildman–Crippen MR) is 73.4 cm³/mol. The zero-order chi connectivity index (χ0) is 13.2. The minimum Gasteiger partial charge on any atom is -0.497 e. The summed E-state index contributed by atoms with van der Waals surface area (Å²) < 4.78 is 16.2. The van der Waals surface area contributed by atoms with Crippen LogP contribution in [0, 0.1) is 0 Å². The summed E-state index contributed by atoms with van der Waals surface area (Å²) in [6, 6.07) is 6.20. The molecule has 0 N–H and O–H groups in total. The van der Waals surface area contributed by atoms with Gasteiger partial charge >= 0.3 is 0 Å². The van der Waals surface area contributed by atoms with Gasteiger partial charge in [0, 0.05) is 5.92 Å². The number of rotatable bonds is 2. The van der Waals surface area contributed by atoms with Crippen LogP contribution in [-0.2, 0) is 4.74 Å². The molecule has 1 aromatic carbocycles. The van der Waals surface area contributed by atoms with Gasteiger partial charge < -0.3 is 14.2 Å². The Labute approximate surface area is 113 Å². The van der Waals surface area contributed by atoms with Crippen LogP contribution in [0.2, 0.25) is 0 Å². The van der Waals surface area contributed by atoms with Gasteiger partial charge in [0.1, 0.15) is 5.76 Å². The van der Waals surface area contributed by atoms with E-state index >= 15 is 0 Å².